The van der Waals surface area contributed by atoms with Crippen molar-refractivity contribution in [3.05, 3.63) is 12.4 Å². The number of nitrogens with zero attached hydrogens (tertiary/aromatic N) is 4. The van der Waals surface area contributed by atoms with E-state index in [4.69, 9.17) is 5.73 Å². The maximum absolute atomic E-state index is 11.1. The molecular weight excluding hydrogens is 170 g/mol. The molecule has 6 heteroatoms. The molecule has 0 saturated carbocycles. The van der Waals surface area contributed by atoms with Crippen molar-refractivity contribution in [3.8, 4) is 0 Å². The summed E-state index contributed by atoms with van der Waals surface area (Å²) in [5.41, 5.74) is 5.44. The monoisotopic (exact) mass is 181 g/mol. The van der Waals surface area contributed by atoms with Gasteiger partial charge in [0.05, 0.1) is 12.7 Å². The predicted octanol–water partition coefficient (Wildman–Crippen LogP) is -1.55. The molecule has 1 aliphatic rings. The molecule has 2 rings (SSSR count). The van der Waals surface area contributed by atoms with Gasteiger partial charge in [-0.25, -0.2) is 0 Å². The fourth-order valence-corrected chi connectivity index (χ4v) is 1.30. The molecule has 1 atom stereocenters. The van der Waals surface area contributed by atoms with Crippen LogP contribution >= 0.6 is 0 Å². The second-order valence-corrected chi connectivity index (χ2v) is 3.06. The van der Waals surface area contributed by atoms with Gasteiger partial charge in [-0.2, -0.15) is 0 Å². The van der Waals surface area contributed by atoms with E-state index in [9.17, 15) is 4.79 Å². The summed E-state index contributed by atoms with van der Waals surface area (Å²) in [4.78, 5) is 12.8. The fourth-order valence-electron chi connectivity index (χ4n) is 1.30. The van der Waals surface area contributed by atoms with Crippen molar-refractivity contribution >= 4 is 5.91 Å². The maximum atomic E-state index is 11.1. The molecule has 1 aromatic rings. The molecule has 1 saturated heterocycles. The highest BCUT2D eigenvalue weighted by molar-refractivity contribution is 5.87. The quantitative estimate of drug-likeness (QED) is 0.572. The first-order valence-electron chi connectivity index (χ1n) is 4.16. The molecule has 2 N–H and O–H groups in total. The first-order valence-corrected chi connectivity index (χ1v) is 4.16. The zero-order valence-corrected chi connectivity index (χ0v) is 7.13. The van der Waals surface area contributed by atoms with Crippen LogP contribution in [-0.2, 0) is 11.3 Å². The number of rotatable bonds is 3. The third-order valence-corrected chi connectivity index (χ3v) is 2.12. The second kappa shape index (κ2) is 3.14. The molecule has 2 heterocycles. The smallest absolute Gasteiger partial charge is 0.241 e. The van der Waals surface area contributed by atoms with Gasteiger partial charge in [-0.1, -0.05) is 5.21 Å². The van der Waals surface area contributed by atoms with Crippen LogP contribution in [0.5, 0.6) is 0 Å². The van der Waals surface area contributed by atoms with Crippen LogP contribution in [0.3, 0.4) is 0 Å². The van der Waals surface area contributed by atoms with E-state index >= 15 is 0 Å². The van der Waals surface area contributed by atoms with Gasteiger partial charge in [-0.3, -0.25) is 9.48 Å². The molecule has 70 valence electrons. The Bertz CT molecular complexity index is 296. The summed E-state index contributed by atoms with van der Waals surface area (Å²) in [6, 6.07) is -0.282. The van der Waals surface area contributed by atoms with Crippen molar-refractivity contribution in [2.45, 2.75) is 12.6 Å². The molecule has 1 fully saturated rings. The first-order chi connectivity index (χ1) is 6.27. The molecule has 1 aromatic heterocycles. The van der Waals surface area contributed by atoms with Gasteiger partial charge in [0.15, 0.2) is 0 Å². The van der Waals surface area contributed by atoms with Gasteiger partial charge in [0.2, 0.25) is 5.91 Å². The second-order valence-electron chi connectivity index (χ2n) is 3.06. The molecule has 1 amide bonds. The highest BCUT2D eigenvalue weighted by atomic mass is 16.2. The molecule has 0 aromatic carbocycles. The lowest BCUT2D eigenvalue weighted by Gasteiger charge is -2.35. The van der Waals surface area contributed by atoms with E-state index in [-0.39, 0.29) is 11.9 Å². The minimum Gasteiger partial charge on any atom is -0.337 e. The summed E-state index contributed by atoms with van der Waals surface area (Å²) in [5, 5.41) is 7.45. The van der Waals surface area contributed by atoms with Crippen molar-refractivity contribution in [1.82, 2.24) is 19.9 Å². The van der Waals surface area contributed by atoms with Crippen LogP contribution in [0.4, 0.5) is 0 Å². The van der Waals surface area contributed by atoms with Crippen molar-refractivity contribution in [3.63, 3.8) is 0 Å². The van der Waals surface area contributed by atoms with E-state index in [1.807, 2.05) is 0 Å². The van der Waals surface area contributed by atoms with Crippen LogP contribution in [0, 0.1) is 0 Å². The van der Waals surface area contributed by atoms with Crippen LogP contribution in [0.25, 0.3) is 0 Å². The average molecular weight is 181 g/mol. The summed E-state index contributed by atoms with van der Waals surface area (Å²) in [7, 11) is 0. The summed E-state index contributed by atoms with van der Waals surface area (Å²) in [6.07, 6.45) is 3.38. The highest BCUT2D eigenvalue weighted by Gasteiger charge is 2.32. The van der Waals surface area contributed by atoms with Crippen molar-refractivity contribution in [1.29, 1.82) is 0 Å². The van der Waals surface area contributed by atoms with E-state index in [1.165, 1.54) is 0 Å². The minimum atomic E-state index is -0.282. The van der Waals surface area contributed by atoms with Gasteiger partial charge in [-0.05, 0) is 0 Å². The van der Waals surface area contributed by atoms with Crippen molar-refractivity contribution < 1.29 is 4.79 Å². The highest BCUT2D eigenvalue weighted by Crippen LogP contribution is 2.06. The number of amides is 1. The minimum absolute atomic E-state index is 0.0279. The Hall–Kier alpha value is -1.43. The molecule has 0 aliphatic carbocycles. The summed E-state index contributed by atoms with van der Waals surface area (Å²) in [6.45, 7) is 2.00. The van der Waals surface area contributed by atoms with E-state index in [1.54, 1.807) is 22.0 Å². The Kier molecular flexibility index (Phi) is 1.97. The SMILES string of the molecule is NC1CN(CCn2ccnn2)C1=O. The Labute approximate surface area is 75.3 Å². The zero-order chi connectivity index (χ0) is 9.26. The molecule has 1 unspecified atom stereocenters. The number of hydrogen-bond acceptors (Lipinski definition) is 4. The van der Waals surface area contributed by atoms with E-state index in [2.05, 4.69) is 10.3 Å². The Morgan fingerprint density at radius 2 is 2.46 bits per heavy atom. The number of hydrogen-bond donors (Lipinski definition) is 1. The fraction of sp³-hybridized carbons (Fsp3) is 0.571. The molecule has 13 heavy (non-hydrogen) atoms. The normalized spacial score (nSPS) is 21.8. The third-order valence-electron chi connectivity index (χ3n) is 2.12. The topological polar surface area (TPSA) is 77.0 Å². The lowest BCUT2D eigenvalue weighted by Crippen LogP contribution is -2.61. The third kappa shape index (κ3) is 1.52. The van der Waals surface area contributed by atoms with Gasteiger partial charge in [-0.15, -0.1) is 5.10 Å². The number of β-lactam (4-membered cyclic amide) rings is 1. The Morgan fingerprint density at radius 3 is 3.00 bits per heavy atom. The van der Waals surface area contributed by atoms with Crippen LogP contribution in [0.1, 0.15) is 0 Å². The van der Waals surface area contributed by atoms with Crippen LogP contribution in [0.2, 0.25) is 0 Å². The number of carbonyl (C=O) groups is 1. The van der Waals surface area contributed by atoms with Gasteiger partial charge < -0.3 is 10.6 Å². The number of likely N-dealkylation sites (tertiary alicyclic amines) is 1. The Balaban J connectivity index is 1.78. The number of aromatic nitrogens is 3. The first kappa shape index (κ1) is 8.18. The van der Waals surface area contributed by atoms with Gasteiger partial charge >= 0.3 is 0 Å². The van der Waals surface area contributed by atoms with E-state index in [0.29, 0.717) is 19.6 Å². The van der Waals surface area contributed by atoms with E-state index < -0.39 is 0 Å². The summed E-state index contributed by atoms with van der Waals surface area (Å²) in [5.74, 6) is 0.0279. The number of carbonyl (C=O) groups excluding carboxylic acids is 1. The lowest BCUT2D eigenvalue weighted by molar-refractivity contribution is -0.142. The van der Waals surface area contributed by atoms with E-state index in [0.717, 1.165) is 0 Å². The van der Waals surface area contributed by atoms with Gasteiger partial charge in [0.1, 0.15) is 6.04 Å². The van der Waals surface area contributed by atoms with Crippen molar-refractivity contribution in [2.24, 2.45) is 5.73 Å². The largest absolute Gasteiger partial charge is 0.337 e. The van der Waals surface area contributed by atoms with Gasteiger partial charge in [0, 0.05) is 19.3 Å². The van der Waals surface area contributed by atoms with Gasteiger partial charge in [0.25, 0.3) is 0 Å². The lowest BCUT2D eigenvalue weighted by atomic mass is 10.1. The summed E-state index contributed by atoms with van der Waals surface area (Å²) < 4.78 is 1.69. The van der Waals surface area contributed by atoms with Crippen LogP contribution < -0.4 is 5.73 Å². The molecule has 1 aliphatic heterocycles. The maximum Gasteiger partial charge on any atom is 0.241 e. The predicted molar refractivity (Wildman–Crippen MR) is 44.6 cm³/mol. The summed E-state index contributed by atoms with van der Waals surface area (Å²) >= 11 is 0. The molecule has 6 nitrogen and oxygen atoms in total. The van der Waals surface area contributed by atoms with Crippen LogP contribution in [-0.4, -0.2) is 44.9 Å². The molecule has 0 radical (unpaired) electrons. The molecular formula is C7H11N5O. The van der Waals surface area contributed by atoms with Crippen LogP contribution in [0.15, 0.2) is 12.4 Å². The standard InChI is InChI=1S/C7H11N5O/c8-6-5-11(7(6)13)3-4-12-2-1-9-10-12/h1-2,6H,3-5,8H2. The number of nitrogens with two attached hydrogens (primary N) is 1. The average Bonchev–Trinajstić information content (AvgIpc) is 2.64. The molecule has 0 spiro atoms. The van der Waals surface area contributed by atoms with Crippen molar-refractivity contribution in [2.75, 3.05) is 13.1 Å². The zero-order valence-electron chi connectivity index (χ0n) is 7.13. The molecule has 0 bridgehead atoms. The Morgan fingerprint density at radius 1 is 1.62 bits per heavy atom.